The summed E-state index contributed by atoms with van der Waals surface area (Å²) in [5.74, 6) is 2.82. The summed E-state index contributed by atoms with van der Waals surface area (Å²) in [6.07, 6.45) is 6.10. The summed E-state index contributed by atoms with van der Waals surface area (Å²) in [6, 6.07) is 0.747. The lowest BCUT2D eigenvalue weighted by Crippen LogP contribution is -2.87. The Kier molecular flexibility index (Phi) is 1.29. The van der Waals surface area contributed by atoms with Gasteiger partial charge in [0.25, 0.3) is 0 Å². The monoisotopic (exact) mass is 166 g/mol. The Balaban J connectivity index is 1.95. The van der Waals surface area contributed by atoms with Gasteiger partial charge in [-0.3, -0.25) is 0 Å². The van der Waals surface area contributed by atoms with Crippen LogP contribution in [-0.2, 0) is 4.74 Å². The van der Waals surface area contributed by atoms with Crippen molar-refractivity contribution in [2.75, 3.05) is 0 Å². The summed E-state index contributed by atoms with van der Waals surface area (Å²) in [5.41, 5.74) is 0. The summed E-state index contributed by atoms with van der Waals surface area (Å²) in [7, 11) is 0. The molecule has 2 nitrogen and oxygen atoms in total. The van der Waals surface area contributed by atoms with E-state index in [4.69, 9.17) is 4.74 Å². The van der Waals surface area contributed by atoms with Crippen molar-refractivity contribution in [3.63, 3.8) is 0 Å². The first kappa shape index (κ1) is 6.93. The van der Waals surface area contributed by atoms with Crippen LogP contribution in [-0.4, -0.2) is 18.0 Å². The molecule has 4 rings (SSSR count). The van der Waals surface area contributed by atoms with E-state index in [1.54, 1.807) is 0 Å². The number of hydrogen-bond acceptors (Lipinski definition) is 1. The normalized spacial score (nSPS) is 49.9. The molecule has 0 aromatic rings. The maximum absolute atomic E-state index is 5.80. The predicted molar refractivity (Wildman–Crippen MR) is 45.8 cm³/mol. The van der Waals surface area contributed by atoms with Crippen LogP contribution in [0.5, 0.6) is 0 Å². The van der Waals surface area contributed by atoms with Gasteiger partial charge >= 0.3 is 5.90 Å². The molecule has 1 N–H and O–H groups in total. The van der Waals surface area contributed by atoms with Crippen molar-refractivity contribution < 1.29 is 9.73 Å². The molecular weight excluding hydrogens is 150 g/mol. The molecule has 4 bridgehead atoms. The van der Waals surface area contributed by atoms with Gasteiger partial charge in [-0.15, -0.1) is 0 Å². The fraction of sp³-hybridized carbons (Fsp3) is 0.900. The largest absolute Gasteiger partial charge is 0.444 e. The van der Waals surface area contributed by atoms with Crippen LogP contribution < -0.4 is 4.99 Å². The van der Waals surface area contributed by atoms with Gasteiger partial charge < -0.3 is 4.74 Å². The van der Waals surface area contributed by atoms with E-state index in [0.717, 1.165) is 23.8 Å². The third kappa shape index (κ3) is 0.838. The van der Waals surface area contributed by atoms with E-state index >= 15 is 0 Å². The van der Waals surface area contributed by atoms with Crippen molar-refractivity contribution in [1.29, 1.82) is 0 Å². The van der Waals surface area contributed by atoms with Gasteiger partial charge in [0.1, 0.15) is 6.10 Å². The van der Waals surface area contributed by atoms with Gasteiger partial charge in [-0.2, -0.15) is 0 Å². The van der Waals surface area contributed by atoms with Gasteiger partial charge in [-0.25, -0.2) is 4.99 Å². The van der Waals surface area contributed by atoms with Gasteiger partial charge in [-0.05, 0) is 25.2 Å². The lowest BCUT2D eigenvalue weighted by atomic mass is 9.66. The first-order valence-corrected chi connectivity index (χ1v) is 5.09. The molecule has 3 aliphatic carbocycles. The van der Waals surface area contributed by atoms with E-state index in [0.29, 0.717) is 6.10 Å². The van der Waals surface area contributed by atoms with E-state index in [2.05, 4.69) is 11.9 Å². The Labute approximate surface area is 73.0 Å². The molecule has 4 atom stereocenters. The van der Waals surface area contributed by atoms with Gasteiger partial charge in [-0.1, -0.05) is 0 Å². The van der Waals surface area contributed by atoms with Crippen molar-refractivity contribution in [1.82, 2.24) is 0 Å². The molecule has 0 aromatic carbocycles. The zero-order valence-electron chi connectivity index (χ0n) is 7.55. The molecule has 0 spiro atoms. The van der Waals surface area contributed by atoms with E-state index < -0.39 is 0 Å². The van der Waals surface area contributed by atoms with Gasteiger partial charge in [0.05, 0.1) is 12.8 Å². The van der Waals surface area contributed by atoms with Gasteiger partial charge in [0.15, 0.2) is 6.04 Å². The summed E-state index contributed by atoms with van der Waals surface area (Å²) in [6.45, 7) is 2.05. The molecule has 1 aliphatic heterocycles. The third-order valence-electron chi connectivity index (χ3n) is 3.77. The highest BCUT2D eigenvalue weighted by Crippen LogP contribution is 2.42. The smallest absolute Gasteiger partial charge is 0.331 e. The number of hydrogen-bond donors (Lipinski definition) is 1. The highest BCUT2D eigenvalue weighted by Gasteiger charge is 2.49. The van der Waals surface area contributed by atoms with Crippen molar-refractivity contribution in [2.45, 2.75) is 44.8 Å². The van der Waals surface area contributed by atoms with Crippen LogP contribution in [0.2, 0.25) is 0 Å². The van der Waals surface area contributed by atoms with Crippen LogP contribution in [0.15, 0.2) is 0 Å². The van der Waals surface area contributed by atoms with Crippen LogP contribution >= 0.6 is 0 Å². The third-order valence-corrected chi connectivity index (χ3v) is 3.77. The zero-order valence-corrected chi connectivity index (χ0v) is 7.55. The van der Waals surface area contributed by atoms with Crippen molar-refractivity contribution >= 4 is 5.90 Å². The topological polar surface area (TPSA) is 23.2 Å². The Bertz CT molecular complexity index is 236. The van der Waals surface area contributed by atoms with Crippen molar-refractivity contribution in [3.8, 4) is 0 Å². The lowest BCUT2D eigenvalue weighted by molar-refractivity contribution is -0.551. The van der Waals surface area contributed by atoms with Crippen molar-refractivity contribution in [2.24, 2.45) is 11.8 Å². The summed E-state index contributed by atoms with van der Waals surface area (Å²) in [5, 5.41) is 0. The number of fused-ring (bicyclic) bond motifs is 1. The number of ether oxygens (including phenoxy) is 1. The molecule has 2 heteroatoms. The Morgan fingerprint density at radius 2 is 2.25 bits per heavy atom. The molecule has 0 radical (unpaired) electrons. The highest BCUT2D eigenvalue weighted by molar-refractivity contribution is 5.67. The van der Waals surface area contributed by atoms with Crippen molar-refractivity contribution in [3.05, 3.63) is 0 Å². The minimum atomic E-state index is 0.559. The average molecular weight is 166 g/mol. The van der Waals surface area contributed by atoms with E-state index in [1.807, 2.05) is 0 Å². The van der Waals surface area contributed by atoms with Crippen LogP contribution in [0.25, 0.3) is 0 Å². The zero-order chi connectivity index (χ0) is 8.13. The number of rotatable bonds is 0. The maximum Gasteiger partial charge on any atom is 0.331 e. The highest BCUT2D eigenvalue weighted by atomic mass is 16.5. The fourth-order valence-corrected chi connectivity index (χ4v) is 3.27. The maximum atomic E-state index is 5.80. The molecule has 3 fully saturated rings. The summed E-state index contributed by atoms with van der Waals surface area (Å²) >= 11 is 0. The summed E-state index contributed by atoms with van der Waals surface area (Å²) < 4.78 is 5.80. The van der Waals surface area contributed by atoms with E-state index in [-0.39, 0.29) is 0 Å². The molecule has 4 aliphatic rings. The number of nitrogens with one attached hydrogen (secondary N) is 1. The second-order valence-electron chi connectivity index (χ2n) is 4.54. The van der Waals surface area contributed by atoms with Crippen LogP contribution in [0.1, 0.15) is 32.6 Å². The van der Waals surface area contributed by atoms with E-state index in [1.165, 1.54) is 25.7 Å². The molecule has 0 saturated heterocycles. The lowest BCUT2D eigenvalue weighted by Gasteiger charge is -2.44. The van der Waals surface area contributed by atoms with Crippen LogP contribution in [0.3, 0.4) is 0 Å². The van der Waals surface area contributed by atoms with Gasteiger partial charge in [0.2, 0.25) is 0 Å². The first-order chi connectivity index (χ1) is 5.83. The van der Waals surface area contributed by atoms with Crippen LogP contribution in [0.4, 0.5) is 0 Å². The molecular formula is C10H16NO+. The predicted octanol–water partition coefficient (Wildman–Crippen LogP) is 0.0728. The Morgan fingerprint density at radius 3 is 3.00 bits per heavy atom. The first-order valence-electron chi connectivity index (χ1n) is 5.09. The fourth-order valence-electron chi connectivity index (χ4n) is 3.27. The second-order valence-corrected chi connectivity index (χ2v) is 4.54. The SMILES string of the molecule is CC1=[NH+]C2CC3CCC2C(C3)O1. The summed E-state index contributed by atoms with van der Waals surface area (Å²) in [4.78, 5) is 3.47. The molecule has 66 valence electrons. The van der Waals surface area contributed by atoms with E-state index in [9.17, 15) is 0 Å². The van der Waals surface area contributed by atoms with Crippen LogP contribution in [0, 0.1) is 11.8 Å². The minimum Gasteiger partial charge on any atom is -0.444 e. The quantitative estimate of drug-likeness (QED) is 0.541. The standard InChI is InChI=1S/C10H15NO/c1-6-11-9-4-7-2-3-8(9)10(5-7)12-6/h7-10H,2-5H2,1H3/p+1. The van der Waals surface area contributed by atoms with Gasteiger partial charge in [0, 0.05) is 6.42 Å². The average Bonchev–Trinajstić information content (AvgIpc) is 2.03. The Hall–Kier alpha value is -0.530. The minimum absolute atomic E-state index is 0.559. The second kappa shape index (κ2) is 2.24. The molecule has 0 aromatic heterocycles. The molecule has 1 heterocycles. The molecule has 0 amide bonds. The Morgan fingerprint density at radius 1 is 1.33 bits per heavy atom. The molecule has 3 saturated carbocycles. The molecule has 12 heavy (non-hydrogen) atoms. The molecule has 4 unspecified atom stereocenters.